The molecule has 7 heteroatoms. The van der Waals surface area contributed by atoms with Crippen molar-refractivity contribution in [2.24, 2.45) is 0 Å². The van der Waals surface area contributed by atoms with Crippen molar-refractivity contribution >= 4 is 14.0 Å². The standard InChI is InChI=1S/C19H32N2O4Si/c1-19(2,3)26(6,7)25-16(12-20)18(17(13-22)24-5)21-14-8-10-15(23-4)11-9-14/h8-11,16-18,21-22H,13H2,1-7H3/t16-,17+,18-/m1/s1. The maximum atomic E-state index is 9.78. The van der Waals surface area contributed by atoms with Crippen LogP contribution in [0.4, 0.5) is 5.69 Å². The summed E-state index contributed by atoms with van der Waals surface area (Å²) in [5.74, 6) is 0.743. The van der Waals surface area contributed by atoms with Crippen LogP contribution in [0.15, 0.2) is 24.3 Å². The Balaban J connectivity index is 3.11. The minimum absolute atomic E-state index is 0.0332. The third-order valence-electron chi connectivity index (χ3n) is 4.99. The molecule has 0 spiro atoms. The molecule has 6 nitrogen and oxygen atoms in total. The molecular weight excluding hydrogens is 348 g/mol. The van der Waals surface area contributed by atoms with Crippen LogP contribution in [-0.4, -0.2) is 52.5 Å². The Morgan fingerprint density at radius 1 is 1.19 bits per heavy atom. The summed E-state index contributed by atoms with van der Waals surface area (Å²) in [6.07, 6.45) is -1.33. The summed E-state index contributed by atoms with van der Waals surface area (Å²) in [6.45, 7) is 10.4. The number of benzene rings is 1. The highest BCUT2D eigenvalue weighted by Crippen LogP contribution is 2.38. The number of hydrogen-bond donors (Lipinski definition) is 2. The molecule has 2 N–H and O–H groups in total. The number of anilines is 1. The number of aliphatic hydroxyl groups is 1. The highest BCUT2D eigenvalue weighted by Gasteiger charge is 2.42. The highest BCUT2D eigenvalue weighted by atomic mass is 28.4. The van der Waals surface area contributed by atoms with E-state index >= 15 is 0 Å². The van der Waals surface area contributed by atoms with E-state index in [0.29, 0.717) is 0 Å². The van der Waals surface area contributed by atoms with Gasteiger partial charge < -0.3 is 24.3 Å². The van der Waals surface area contributed by atoms with Crippen molar-refractivity contribution in [2.75, 3.05) is 26.1 Å². The summed E-state index contributed by atoms with van der Waals surface area (Å²) in [4.78, 5) is 0. The topological polar surface area (TPSA) is 83.7 Å². The quantitative estimate of drug-likeness (QED) is 0.639. The largest absolute Gasteiger partial charge is 0.497 e. The van der Waals surface area contributed by atoms with Crippen LogP contribution in [-0.2, 0) is 9.16 Å². The molecule has 146 valence electrons. The van der Waals surface area contributed by atoms with Gasteiger partial charge in [-0.3, -0.25) is 0 Å². The van der Waals surface area contributed by atoms with Crippen LogP contribution in [0.5, 0.6) is 5.75 Å². The minimum atomic E-state index is -2.17. The van der Waals surface area contributed by atoms with Crippen LogP contribution in [0.2, 0.25) is 18.1 Å². The third-order valence-corrected chi connectivity index (χ3v) is 9.44. The lowest BCUT2D eigenvalue weighted by molar-refractivity contribution is 0.0131. The monoisotopic (exact) mass is 380 g/mol. The van der Waals surface area contributed by atoms with E-state index in [1.807, 2.05) is 24.3 Å². The molecule has 0 aliphatic rings. The van der Waals surface area contributed by atoms with Gasteiger partial charge in [0.2, 0.25) is 0 Å². The van der Waals surface area contributed by atoms with Crippen molar-refractivity contribution in [3.05, 3.63) is 24.3 Å². The van der Waals surface area contributed by atoms with E-state index in [-0.39, 0.29) is 11.6 Å². The van der Waals surface area contributed by atoms with Gasteiger partial charge in [-0.05, 0) is 42.4 Å². The van der Waals surface area contributed by atoms with E-state index in [1.54, 1.807) is 7.11 Å². The molecular formula is C19H32N2O4Si. The molecule has 0 aliphatic heterocycles. The van der Waals surface area contributed by atoms with Crippen molar-refractivity contribution < 1.29 is 19.0 Å². The molecule has 3 atom stereocenters. The van der Waals surface area contributed by atoms with Crippen LogP contribution in [0.3, 0.4) is 0 Å². The number of aliphatic hydroxyl groups excluding tert-OH is 1. The van der Waals surface area contributed by atoms with E-state index < -0.39 is 26.6 Å². The van der Waals surface area contributed by atoms with Crippen molar-refractivity contribution in [3.63, 3.8) is 0 Å². The summed E-state index contributed by atoms with van der Waals surface area (Å²) in [6, 6.07) is 9.12. The van der Waals surface area contributed by atoms with Gasteiger partial charge in [-0.1, -0.05) is 20.8 Å². The zero-order valence-corrected chi connectivity index (χ0v) is 17.9. The van der Waals surface area contributed by atoms with Crippen molar-refractivity contribution in [2.45, 2.75) is 57.2 Å². The first-order chi connectivity index (χ1) is 12.1. The lowest BCUT2D eigenvalue weighted by Gasteiger charge is -2.40. The molecule has 0 aromatic heterocycles. The highest BCUT2D eigenvalue weighted by molar-refractivity contribution is 6.74. The Kier molecular flexibility index (Phi) is 8.09. The summed E-state index contributed by atoms with van der Waals surface area (Å²) in [5.41, 5.74) is 0.797. The molecule has 0 saturated carbocycles. The van der Waals surface area contributed by atoms with Crippen LogP contribution >= 0.6 is 0 Å². The van der Waals surface area contributed by atoms with Crippen molar-refractivity contribution in [3.8, 4) is 11.8 Å². The molecule has 1 aromatic carbocycles. The lowest BCUT2D eigenvalue weighted by atomic mass is 10.1. The number of nitrogens with zero attached hydrogens (tertiary/aromatic N) is 1. The summed E-state index contributed by atoms with van der Waals surface area (Å²) in [5, 5.41) is 22.8. The normalized spacial score (nSPS) is 15.7. The average molecular weight is 381 g/mol. The minimum Gasteiger partial charge on any atom is -0.497 e. The van der Waals surface area contributed by atoms with Gasteiger partial charge >= 0.3 is 0 Å². The van der Waals surface area contributed by atoms with E-state index in [1.165, 1.54) is 7.11 Å². The fraction of sp³-hybridized carbons (Fsp3) is 0.632. The second kappa shape index (κ2) is 9.37. The lowest BCUT2D eigenvalue weighted by Crippen LogP contribution is -2.53. The van der Waals surface area contributed by atoms with E-state index in [4.69, 9.17) is 13.9 Å². The molecule has 0 radical (unpaired) electrons. The molecule has 0 bridgehead atoms. The van der Waals surface area contributed by atoms with Crippen LogP contribution in [0.25, 0.3) is 0 Å². The average Bonchev–Trinajstić information content (AvgIpc) is 2.59. The Hall–Kier alpha value is -1.59. The molecule has 26 heavy (non-hydrogen) atoms. The maximum absolute atomic E-state index is 9.78. The molecule has 1 aromatic rings. The second-order valence-corrected chi connectivity index (χ2v) is 12.5. The first kappa shape index (κ1) is 22.4. The number of methoxy groups -OCH3 is 2. The predicted molar refractivity (Wildman–Crippen MR) is 106 cm³/mol. The number of hydrogen-bond acceptors (Lipinski definition) is 6. The summed E-state index contributed by atoms with van der Waals surface area (Å²) < 4.78 is 16.9. The van der Waals surface area contributed by atoms with Gasteiger partial charge in [0.25, 0.3) is 0 Å². The number of rotatable bonds is 9. The van der Waals surface area contributed by atoms with Crippen LogP contribution < -0.4 is 10.1 Å². The van der Waals surface area contributed by atoms with Gasteiger partial charge in [-0.2, -0.15) is 5.26 Å². The van der Waals surface area contributed by atoms with Crippen LogP contribution in [0.1, 0.15) is 20.8 Å². The Bertz CT molecular complexity index is 589. The summed E-state index contributed by atoms with van der Waals surface area (Å²) in [7, 11) is 0.951. The van der Waals surface area contributed by atoms with Crippen molar-refractivity contribution in [1.29, 1.82) is 5.26 Å². The van der Waals surface area contributed by atoms with E-state index in [0.717, 1.165) is 11.4 Å². The van der Waals surface area contributed by atoms with Gasteiger partial charge in [0.05, 0.1) is 25.8 Å². The van der Waals surface area contributed by atoms with Crippen LogP contribution in [0, 0.1) is 11.3 Å². The SMILES string of the molecule is COc1ccc(N[C@@H]([C@H](CO)OC)[C@@H](C#N)O[Si](C)(C)C(C)(C)C)cc1. The third kappa shape index (κ3) is 5.71. The molecule has 0 fully saturated rings. The maximum Gasteiger partial charge on any atom is 0.193 e. The molecule has 0 heterocycles. The Morgan fingerprint density at radius 2 is 1.77 bits per heavy atom. The number of ether oxygens (including phenoxy) is 2. The zero-order chi connectivity index (χ0) is 20.0. The van der Waals surface area contributed by atoms with Crippen molar-refractivity contribution in [1.82, 2.24) is 0 Å². The Labute approximate surface area is 158 Å². The Morgan fingerprint density at radius 3 is 2.15 bits per heavy atom. The predicted octanol–water partition coefficient (Wildman–Crippen LogP) is 3.40. The zero-order valence-electron chi connectivity index (χ0n) is 16.9. The van der Waals surface area contributed by atoms with Gasteiger partial charge in [0, 0.05) is 12.8 Å². The van der Waals surface area contributed by atoms with Gasteiger partial charge in [0.15, 0.2) is 14.4 Å². The smallest absolute Gasteiger partial charge is 0.193 e. The molecule has 0 aliphatic carbocycles. The number of nitriles is 1. The number of nitrogens with one attached hydrogen (secondary N) is 1. The fourth-order valence-electron chi connectivity index (χ4n) is 2.25. The van der Waals surface area contributed by atoms with Gasteiger partial charge in [-0.15, -0.1) is 0 Å². The fourth-order valence-corrected chi connectivity index (χ4v) is 3.44. The molecule has 1 rings (SSSR count). The van der Waals surface area contributed by atoms with E-state index in [9.17, 15) is 10.4 Å². The molecule has 0 unspecified atom stereocenters. The van der Waals surface area contributed by atoms with Gasteiger partial charge in [-0.25, -0.2) is 0 Å². The van der Waals surface area contributed by atoms with Gasteiger partial charge in [0.1, 0.15) is 11.9 Å². The summed E-state index contributed by atoms with van der Waals surface area (Å²) >= 11 is 0. The first-order valence-electron chi connectivity index (χ1n) is 8.71. The van der Waals surface area contributed by atoms with E-state index in [2.05, 4.69) is 45.3 Å². The molecule has 0 saturated heterocycles. The second-order valence-electron chi connectivity index (χ2n) is 7.78. The first-order valence-corrected chi connectivity index (χ1v) is 11.6. The molecule has 0 amide bonds.